The number of para-hydroxylation sites is 1. The van der Waals surface area contributed by atoms with E-state index in [0.717, 1.165) is 22.2 Å². The number of rotatable bonds is 2. The second-order valence-electron chi connectivity index (χ2n) is 7.08. The van der Waals surface area contributed by atoms with Gasteiger partial charge in [-0.3, -0.25) is 10.1 Å². The maximum Gasteiger partial charge on any atom is 0.321 e. The predicted octanol–water partition coefficient (Wildman–Crippen LogP) is 2.21. The number of aromatic nitrogens is 1. The number of hydrogen-bond acceptors (Lipinski definition) is 4. The number of carbonyl (C=O) groups is 1. The first kappa shape index (κ1) is 15.6. The highest BCUT2D eigenvalue weighted by atomic mass is 16.7. The van der Waals surface area contributed by atoms with Crippen LogP contribution in [0.2, 0.25) is 0 Å². The van der Waals surface area contributed by atoms with Crippen molar-refractivity contribution in [3.63, 3.8) is 0 Å². The van der Waals surface area contributed by atoms with Gasteiger partial charge in [0, 0.05) is 28.9 Å². The number of benzene rings is 1. The Bertz CT molecular complexity index is 772. The molecule has 1 aromatic heterocycles. The number of hydrogen-bond donors (Lipinski definition) is 3. The molecular formula is C18H22N2O4. The van der Waals surface area contributed by atoms with Gasteiger partial charge in [-0.2, -0.15) is 0 Å². The predicted molar refractivity (Wildman–Crippen MR) is 88.8 cm³/mol. The van der Waals surface area contributed by atoms with E-state index in [2.05, 4.69) is 10.3 Å². The van der Waals surface area contributed by atoms with Crippen molar-refractivity contribution in [2.24, 2.45) is 5.92 Å². The maximum atomic E-state index is 11.6. The van der Waals surface area contributed by atoms with E-state index in [4.69, 9.17) is 9.47 Å². The number of carboxylic acid groups (broad SMARTS) is 1. The van der Waals surface area contributed by atoms with E-state index in [1.165, 1.54) is 0 Å². The smallest absolute Gasteiger partial charge is 0.321 e. The van der Waals surface area contributed by atoms with Gasteiger partial charge in [0.1, 0.15) is 6.04 Å². The molecule has 1 saturated heterocycles. The summed E-state index contributed by atoms with van der Waals surface area (Å²) >= 11 is 0. The second kappa shape index (κ2) is 5.58. The van der Waals surface area contributed by atoms with Gasteiger partial charge in [0.15, 0.2) is 5.79 Å². The van der Waals surface area contributed by atoms with Gasteiger partial charge in [-0.1, -0.05) is 18.2 Å². The standard InChI is InChI=1S/C18H22N2O4/c1-18(2)23-8-10(9-24-18)15-16-12(7-14(20-15)17(21)22)11-5-3-4-6-13(11)19-16/h3-6,10,14-15,19-20H,7-9H2,1-2H3,(H,21,22). The van der Waals surface area contributed by atoms with E-state index >= 15 is 0 Å². The van der Waals surface area contributed by atoms with Crippen molar-refractivity contribution in [1.82, 2.24) is 10.3 Å². The Hall–Kier alpha value is -1.89. The average molecular weight is 330 g/mol. The Morgan fingerprint density at radius 2 is 1.96 bits per heavy atom. The van der Waals surface area contributed by atoms with E-state index in [1.807, 2.05) is 38.1 Å². The SMILES string of the molecule is CC1(C)OCC(C2NC(C(=O)O)Cc3c2[nH]c2ccccc32)CO1. The zero-order valence-corrected chi connectivity index (χ0v) is 13.8. The van der Waals surface area contributed by atoms with Crippen LogP contribution in [0.5, 0.6) is 0 Å². The molecule has 0 spiro atoms. The summed E-state index contributed by atoms with van der Waals surface area (Å²) in [4.78, 5) is 15.1. The molecule has 2 atom stereocenters. The largest absolute Gasteiger partial charge is 0.480 e. The van der Waals surface area contributed by atoms with E-state index in [9.17, 15) is 9.90 Å². The third-order valence-electron chi connectivity index (χ3n) is 5.01. The lowest BCUT2D eigenvalue weighted by Gasteiger charge is -2.40. The van der Waals surface area contributed by atoms with Crippen molar-refractivity contribution < 1.29 is 19.4 Å². The molecule has 2 aliphatic rings. The normalized spacial score (nSPS) is 27.1. The first-order chi connectivity index (χ1) is 11.4. The summed E-state index contributed by atoms with van der Waals surface area (Å²) in [6, 6.07) is 7.31. The first-order valence-electron chi connectivity index (χ1n) is 8.31. The molecule has 24 heavy (non-hydrogen) atoms. The summed E-state index contributed by atoms with van der Waals surface area (Å²) in [7, 11) is 0. The molecule has 2 aliphatic heterocycles. The molecule has 1 fully saturated rings. The molecule has 2 unspecified atom stereocenters. The van der Waals surface area contributed by atoms with Crippen LogP contribution in [-0.2, 0) is 20.7 Å². The van der Waals surface area contributed by atoms with E-state index in [0.29, 0.717) is 19.6 Å². The van der Waals surface area contributed by atoms with Crippen molar-refractivity contribution >= 4 is 16.9 Å². The summed E-state index contributed by atoms with van der Waals surface area (Å²) in [6.45, 7) is 4.86. The van der Waals surface area contributed by atoms with Gasteiger partial charge in [-0.25, -0.2) is 0 Å². The lowest BCUT2D eigenvalue weighted by molar-refractivity contribution is -0.266. The maximum absolute atomic E-state index is 11.6. The van der Waals surface area contributed by atoms with Crippen LogP contribution in [0.1, 0.15) is 31.1 Å². The monoisotopic (exact) mass is 330 g/mol. The number of H-pyrrole nitrogens is 1. The molecule has 128 valence electrons. The third kappa shape index (κ3) is 2.60. The molecule has 3 heterocycles. The fourth-order valence-electron chi connectivity index (χ4n) is 3.70. The molecule has 0 radical (unpaired) electrons. The van der Waals surface area contributed by atoms with Gasteiger partial charge in [0.25, 0.3) is 0 Å². The minimum Gasteiger partial charge on any atom is -0.480 e. The zero-order chi connectivity index (χ0) is 16.9. The molecule has 0 saturated carbocycles. The molecule has 0 aliphatic carbocycles. The van der Waals surface area contributed by atoms with Gasteiger partial charge in [0.05, 0.1) is 19.3 Å². The van der Waals surface area contributed by atoms with Crippen LogP contribution in [0.15, 0.2) is 24.3 Å². The van der Waals surface area contributed by atoms with Crippen molar-refractivity contribution in [1.29, 1.82) is 0 Å². The summed E-state index contributed by atoms with van der Waals surface area (Å²) < 4.78 is 11.6. The Morgan fingerprint density at radius 1 is 1.25 bits per heavy atom. The Balaban J connectivity index is 1.73. The number of nitrogens with one attached hydrogen (secondary N) is 2. The van der Waals surface area contributed by atoms with E-state index in [-0.39, 0.29) is 12.0 Å². The minimum absolute atomic E-state index is 0.0620. The van der Waals surface area contributed by atoms with Crippen molar-refractivity contribution in [3.8, 4) is 0 Å². The fraction of sp³-hybridized carbons (Fsp3) is 0.500. The van der Waals surface area contributed by atoms with Gasteiger partial charge >= 0.3 is 5.97 Å². The summed E-state index contributed by atoms with van der Waals surface area (Å²) in [5, 5.41) is 13.9. The van der Waals surface area contributed by atoms with E-state index < -0.39 is 17.8 Å². The third-order valence-corrected chi connectivity index (χ3v) is 5.01. The lowest BCUT2D eigenvalue weighted by Crippen LogP contribution is -2.51. The second-order valence-corrected chi connectivity index (χ2v) is 7.08. The first-order valence-corrected chi connectivity index (χ1v) is 8.31. The zero-order valence-electron chi connectivity index (χ0n) is 13.8. The van der Waals surface area contributed by atoms with Crippen LogP contribution in [-0.4, -0.2) is 41.1 Å². The molecule has 6 nitrogen and oxygen atoms in total. The summed E-state index contributed by atoms with van der Waals surface area (Å²) in [6.07, 6.45) is 0.477. The highest BCUT2D eigenvalue weighted by molar-refractivity contribution is 5.86. The van der Waals surface area contributed by atoms with E-state index in [1.54, 1.807) is 0 Å². The van der Waals surface area contributed by atoms with Crippen LogP contribution in [0.25, 0.3) is 10.9 Å². The van der Waals surface area contributed by atoms with Gasteiger partial charge in [-0.05, 0) is 25.5 Å². The van der Waals surface area contributed by atoms with Gasteiger partial charge < -0.3 is 19.6 Å². The van der Waals surface area contributed by atoms with Crippen LogP contribution in [0, 0.1) is 5.92 Å². The van der Waals surface area contributed by atoms with Crippen LogP contribution in [0.3, 0.4) is 0 Å². The number of fused-ring (bicyclic) bond motifs is 3. The Morgan fingerprint density at radius 3 is 2.67 bits per heavy atom. The molecule has 0 bridgehead atoms. The molecule has 3 N–H and O–H groups in total. The Labute approximate surface area is 140 Å². The minimum atomic E-state index is -0.825. The highest BCUT2D eigenvalue weighted by Gasteiger charge is 2.40. The quantitative estimate of drug-likeness (QED) is 0.786. The lowest BCUT2D eigenvalue weighted by atomic mass is 9.87. The number of aromatic amines is 1. The van der Waals surface area contributed by atoms with Crippen molar-refractivity contribution in [2.75, 3.05) is 13.2 Å². The van der Waals surface area contributed by atoms with Crippen LogP contribution < -0.4 is 5.32 Å². The number of aliphatic carboxylic acids is 1. The van der Waals surface area contributed by atoms with Gasteiger partial charge in [-0.15, -0.1) is 0 Å². The topological polar surface area (TPSA) is 83.6 Å². The van der Waals surface area contributed by atoms with Crippen molar-refractivity contribution in [3.05, 3.63) is 35.5 Å². The molecule has 2 aromatic rings. The molecule has 4 rings (SSSR count). The van der Waals surface area contributed by atoms with Crippen molar-refractivity contribution in [2.45, 2.75) is 38.1 Å². The Kier molecular flexibility index (Phi) is 3.63. The fourth-order valence-corrected chi connectivity index (χ4v) is 3.70. The molecule has 6 heteroatoms. The summed E-state index contributed by atoms with van der Waals surface area (Å²) in [5.74, 6) is -1.35. The van der Waals surface area contributed by atoms with Gasteiger partial charge in [0.2, 0.25) is 0 Å². The summed E-state index contributed by atoms with van der Waals surface area (Å²) in [5.41, 5.74) is 3.19. The number of ether oxygens (including phenoxy) is 2. The highest BCUT2D eigenvalue weighted by Crippen LogP contribution is 2.37. The molecule has 0 amide bonds. The van der Waals surface area contributed by atoms with Crippen LogP contribution >= 0.6 is 0 Å². The molecular weight excluding hydrogens is 308 g/mol. The molecule has 1 aromatic carbocycles. The average Bonchev–Trinajstić information content (AvgIpc) is 2.93. The number of carboxylic acids is 1. The van der Waals surface area contributed by atoms with Crippen LogP contribution in [0.4, 0.5) is 0 Å².